The Balaban J connectivity index is -0.000000206. The SMILES string of the molecule is CC.CC.CNC(=O)C(C)(C)CC(C)(C)NC(C)=O.CNCCNC(=O)CCC(C)=O. The number of hydrogen-bond donors (Lipinski definition) is 4. The van der Waals surface area contributed by atoms with E-state index in [0.717, 1.165) is 6.54 Å². The molecule has 0 fully saturated rings. The van der Waals surface area contributed by atoms with Crippen molar-refractivity contribution < 1.29 is 19.2 Å². The van der Waals surface area contributed by atoms with Gasteiger partial charge in [-0.3, -0.25) is 14.4 Å². The molecule has 0 rings (SSSR count). The molecule has 4 N–H and O–H groups in total. The van der Waals surface area contributed by atoms with Gasteiger partial charge in [0, 0.05) is 50.9 Å². The van der Waals surface area contributed by atoms with Gasteiger partial charge in [0.2, 0.25) is 17.7 Å². The van der Waals surface area contributed by atoms with Crippen LogP contribution in [0.4, 0.5) is 0 Å². The highest BCUT2D eigenvalue weighted by molar-refractivity contribution is 5.83. The van der Waals surface area contributed by atoms with Gasteiger partial charge >= 0.3 is 0 Å². The highest BCUT2D eigenvalue weighted by Crippen LogP contribution is 2.27. The van der Waals surface area contributed by atoms with Crippen LogP contribution in [-0.2, 0) is 19.2 Å². The molecule has 0 aliphatic rings. The molecule has 0 aliphatic heterocycles. The third kappa shape index (κ3) is 26.0. The Labute approximate surface area is 191 Å². The number of carbonyl (C=O) groups excluding carboxylic acids is 4. The highest BCUT2D eigenvalue weighted by atomic mass is 16.2. The molecule has 0 aromatic rings. The van der Waals surface area contributed by atoms with Crippen LogP contribution in [0.25, 0.3) is 0 Å². The molecule has 0 aromatic heterocycles. The molecule has 0 saturated heterocycles. The van der Waals surface area contributed by atoms with E-state index in [4.69, 9.17) is 0 Å². The molecule has 8 nitrogen and oxygen atoms in total. The third-order valence-electron chi connectivity index (χ3n) is 3.64. The van der Waals surface area contributed by atoms with E-state index in [9.17, 15) is 19.2 Å². The fourth-order valence-electron chi connectivity index (χ4n) is 2.75. The fraction of sp³-hybridized carbons (Fsp3) is 0.826. The number of amides is 3. The van der Waals surface area contributed by atoms with Crippen LogP contribution >= 0.6 is 0 Å². The molecule has 0 bridgehead atoms. The Morgan fingerprint density at radius 2 is 1.26 bits per heavy atom. The van der Waals surface area contributed by atoms with Crippen LogP contribution in [0, 0.1) is 5.41 Å². The van der Waals surface area contributed by atoms with E-state index in [-0.39, 0.29) is 29.0 Å². The molecule has 3 amide bonds. The molecule has 0 spiro atoms. The van der Waals surface area contributed by atoms with Crippen LogP contribution in [0.1, 0.15) is 88.5 Å². The van der Waals surface area contributed by atoms with Crippen LogP contribution in [-0.4, -0.2) is 56.2 Å². The van der Waals surface area contributed by atoms with Crippen LogP contribution in [0.15, 0.2) is 0 Å². The maximum Gasteiger partial charge on any atom is 0.225 e. The van der Waals surface area contributed by atoms with Crippen LogP contribution in [0.2, 0.25) is 0 Å². The number of Topliss-reactive ketones (excluding diaryl/α,β-unsaturated/α-hetero) is 1. The van der Waals surface area contributed by atoms with Gasteiger partial charge in [0.1, 0.15) is 5.78 Å². The number of carbonyl (C=O) groups is 4. The summed E-state index contributed by atoms with van der Waals surface area (Å²) in [6.45, 7) is 19.9. The predicted octanol–water partition coefficient (Wildman–Crippen LogP) is 2.81. The molecule has 0 unspecified atom stereocenters. The molecule has 186 valence electrons. The molecule has 0 atom stereocenters. The summed E-state index contributed by atoms with van der Waals surface area (Å²) in [5, 5.41) is 11.1. The lowest BCUT2D eigenvalue weighted by atomic mass is 9.79. The fourth-order valence-corrected chi connectivity index (χ4v) is 2.75. The van der Waals surface area contributed by atoms with Crippen molar-refractivity contribution in [1.82, 2.24) is 21.3 Å². The minimum absolute atomic E-state index is 0.0130. The van der Waals surface area contributed by atoms with Gasteiger partial charge in [-0.1, -0.05) is 41.5 Å². The average Bonchev–Trinajstić information content (AvgIpc) is 2.67. The van der Waals surface area contributed by atoms with Crippen molar-refractivity contribution in [2.24, 2.45) is 5.41 Å². The number of rotatable bonds is 10. The Bertz CT molecular complexity index is 504. The monoisotopic (exact) mass is 446 g/mol. The molecule has 0 aromatic carbocycles. The maximum absolute atomic E-state index is 11.6. The molecule has 0 radical (unpaired) electrons. The van der Waals surface area contributed by atoms with Gasteiger partial charge in [-0.25, -0.2) is 0 Å². The first-order chi connectivity index (χ1) is 14.3. The quantitative estimate of drug-likeness (QED) is 0.385. The summed E-state index contributed by atoms with van der Waals surface area (Å²) in [5.74, 6) is -0.0900. The lowest BCUT2D eigenvalue weighted by molar-refractivity contribution is -0.131. The van der Waals surface area contributed by atoms with Gasteiger partial charge < -0.3 is 26.1 Å². The normalized spacial score (nSPS) is 9.94. The molecule has 0 saturated carbocycles. The van der Waals surface area contributed by atoms with Crippen molar-refractivity contribution in [2.45, 2.75) is 94.0 Å². The van der Waals surface area contributed by atoms with E-state index in [2.05, 4.69) is 21.3 Å². The summed E-state index contributed by atoms with van der Waals surface area (Å²) >= 11 is 0. The zero-order valence-corrected chi connectivity index (χ0v) is 22.2. The molecular formula is C23H50N4O4. The smallest absolute Gasteiger partial charge is 0.225 e. The number of likely N-dealkylation sites (N-methyl/N-ethyl adjacent to an activating group) is 1. The first-order valence-corrected chi connectivity index (χ1v) is 11.2. The van der Waals surface area contributed by atoms with Gasteiger partial charge in [-0.2, -0.15) is 0 Å². The molecule has 0 aliphatic carbocycles. The molecule has 0 heterocycles. The Kier molecular flexibility index (Phi) is 25.0. The first-order valence-electron chi connectivity index (χ1n) is 11.2. The summed E-state index contributed by atoms with van der Waals surface area (Å²) in [4.78, 5) is 44.0. The van der Waals surface area contributed by atoms with E-state index in [1.165, 1.54) is 13.8 Å². The Morgan fingerprint density at radius 3 is 1.61 bits per heavy atom. The topological polar surface area (TPSA) is 116 Å². The van der Waals surface area contributed by atoms with Gasteiger partial charge in [-0.15, -0.1) is 0 Å². The minimum atomic E-state index is -0.485. The van der Waals surface area contributed by atoms with Crippen LogP contribution < -0.4 is 21.3 Å². The highest BCUT2D eigenvalue weighted by Gasteiger charge is 2.34. The summed E-state index contributed by atoms with van der Waals surface area (Å²) < 4.78 is 0. The molecule has 31 heavy (non-hydrogen) atoms. The van der Waals surface area contributed by atoms with Gasteiger partial charge in [-0.05, 0) is 34.2 Å². The second-order valence-electron chi connectivity index (χ2n) is 7.86. The van der Waals surface area contributed by atoms with Crippen molar-refractivity contribution >= 4 is 23.5 Å². The van der Waals surface area contributed by atoms with Crippen molar-refractivity contribution in [3.05, 3.63) is 0 Å². The van der Waals surface area contributed by atoms with Gasteiger partial charge in [0.15, 0.2) is 0 Å². The number of nitrogens with one attached hydrogen (secondary N) is 4. The van der Waals surface area contributed by atoms with E-state index in [1.807, 2.05) is 62.4 Å². The predicted molar refractivity (Wildman–Crippen MR) is 130 cm³/mol. The number of hydrogen-bond acceptors (Lipinski definition) is 5. The van der Waals surface area contributed by atoms with Crippen molar-refractivity contribution in [2.75, 3.05) is 27.2 Å². The first kappa shape index (κ1) is 36.4. The summed E-state index contributed by atoms with van der Waals surface area (Å²) in [5.41, 5.74) is -0.859. The average molecular weight is 447 g/mol. The van der Waals surface area contributed by atoms with Gasteiger partial charge in [0.25, 0.3) is 0 Å². The zero-order chi connectivity index (χ0) is 25.7. The minimum Gasteiger partial charge on any atom is -0.359 e. The lowest BCUT2D eigenvalue weighted by Crippen LogP contribution is -2.48. The molecular weight excluding hydrogens is 396 g/mol. The second kappa shape index (κ2) is 21.3. The third-order valence-corrected chi connectivity index (χ3v) is 3.64. The van der Waals surface area contributed by atoms with Crippen LogP contribution in [0.5, 0.6) is 0 Å². The lowest BCUT2D eigenvalue weighted by Gasteiger charge is -2.34. The standard InChI is InChI=1S/C11H22N2O2.C8H16N2O2.2C2H6/c1-8(14)13-11(4,5)7-10(2,3)9(15)12-6;1-7(11)3-4-8(12)10-6-5-9-2;2*1-2/h7H2,1-6H3,(H,12,15)(H,13,14);9H,3-6H2,1-2H3,(H,10,12);2*1-2H3. The summed E-state index contributed by atoms with van der Waals surface area (Å²) in [6.07, 6.45) is 1.24. The summed E-state index contributed by atoms with van der Waals surface area (Å²) in [6, 6.07) is 0. The largest absolute Gasteiger partial charge is 0.359 e. The van der Waals surface area contributed by atoms with E-state index in [1.54, 1.807) is 7.05 Å². The van der Waals surface area contributed by atoms with E-state index >= 15 is 0 Å². The maximum atomic E-state index is 11.6. The Hall–Kier alpha value is -1.96. The van der Waals surface area contributed by atoms with Crippen LogP contribution in [0.3, 0.4) is 0 Å². The van der Waals surface area contributed by atoms with Gasteiger partial charge in [0.05, 0.1) is 0 Å². The Morgan fingerprint density at radius 1 is 0.774 bits per heavy atom. The number of ketones is 1. The second-order valence-corrected chi connectivity index (χ2v) is 7.86. The molecule has 8 heteroatoms. The summed E-state index contributed by atoms with van der Waals surface area (Å²) in [7, 11) is 3.44. The van der Waals surface area contributed by atoms with Crippen molar-refractivity contribution in [1.29, 1.82) is 0 Å². The van der Waals surface area contributed by atoms with E-state index in [0.29, 0.717) is 25.8 Å². The van der Waals surface area contributed by atoms with Crippen molar-refractivity contribution in [3.63, 3.8) is 0 Å². The zero-order valence-electron chi connectivity index (χ0n) is 22.2. The van der Waals surface area contributed by atoms with E-state index < -0.39 is 5.41 Å². The van der Waals surface area contributed by atoms with Crippen molar-refractivity contribution in [3.8, 4) is 0 Å².